The minimum Gasteiger partial charge on any atom is -0.465 e. The van der Waals surface area contributed by atoms with Gasteiger partial charge >= 0.3 is 17.8 Å². The fourth-order valence-corrected chi connectivity index (χ4v) is 2.01. The van der Waals surface area contributed by atoms with Crippen molar-refractivity contribution in [1.29, 1.82) is 0 Å². The summed E-state index contributed by atoms with van der Waals surface area (Å²) in [4.78, 5) is 26.9. The van der Waals surface area contributed by atoms with E-state index in [2.05, 4.69) is 19.9 Å². The van der Waals surface area contributed by atoms with E-state index < -0.39 is 11.9 Å². The molecule has 0 bridgehead atoms. The Morgan fingerprint density at radius 3 is 2.86 bits per heavy atom. The maximum atomic E-state index is 11.4. The van der Waals surface area contributed by atoms with E-state index in [9.17, 15) is 9.59 Å². The van der Waals surface area contributed by atoms with Crippen molar-refractivity contribution in [3.05, 3.63) is 29.8 Å². The third kappa shape index (κ3) is 3.78. The highest BCUT2D eigenvalue weighted by Gasteiger charge is 2.17. The highest BCUT2D eigenvalue weighted by molar-refractivity contribution is 7.99. The van der Waals surface area contributed by atoms with Crippen molar-refractivity contribution in [3.63, 3.8) is 0 Å². The minimum absolute atomic E-state index is 0.118. The van der Waals surface area contributed by atoms with Gasteiger partial charge in [0, 0.05) is 6.20 Å². The second-order valence-electron chi connectivity index (χ2n) is 3.57. The van der Waals surface area contributed by atoms with Crippen LogP contribution in [0.4, 0.5) is 0 Å². The number of hydrogen-bond acceptors (Lipinski definition) is 9. The molecule has 0 atom stereocenters. The summed E-state index contributed by atoms with van der Waals surface area (Å²) in [6, 6.07) is 3.04. The van der Waals surface area contributed by atoms with E-state index in [1.807, 2.05) is 0 Å². The van der Waals surface area contributed by atoms with E-state index in [4.69, 9.17) is 9.15 Å². The Kier molecular flexibility index (Phi) is 4.88. The number of esters is 2. The molecule has 2 rings (SSSR count). The lowest BCUT2D eigenvalue weighted by molar-refractivity contribution is 0.0474. The summed E-state index contributed by atoms with van der Waals surface area (Å²) in [6.45, 7) is 1.89. The zero-order valence-corrected chi connectivity index (χ0v) is 12.0. The number of pyridine rings is 1. The molecule has 2 aromatic heterocycles. The smallest absolute Gasteiger partial charge is 0.396 e. The maximum absolute atomic E-state index is 11.4. The molecule has 0 radical (unpaired) electrons. The summed E-state index contributed by atoms with van der Waals surface area (Å²) < 4.78 is 14.5. The highest BCUT2D eigenvalue weighted by Crippen LogP contribution is 2.25. The summed E-state index contributed by atoms with van der Waals surface area (Å²) in [6.07, 6.45) is 1.46. The summed E-state index contributed by atoms with van der Waals surface area (Å²) in [5.41, 5.74) is 0.347. The lowest BCUT2D eigenvalue weighted by atomic mass is 10.3. The third-order valence-electron chi connectivity index (χ3n) is 2.20. The molecular formula is C12H11N3O5S. The van der Waals surface area contributed by atoms with Gasteiger partial charge in [0.05, 0.1) is 19.3 Å². The van der Waals surface area contributed by atoms with Gasteiger partial charge in [0.2, 0.25) is 0 Å². The van der Waals surface area contributed by atoms with Crippen molar-refractivity contribution in [2.75, 3.05) is 13.7 Å². The van der Waals surface area contributed by atoms with Crippen LogP contribution in [0.3, 0.4) is 0 Å². The third-order valence-corrected chi connectivity index (χ3v) is 2.98. The normalized spacial score (nSPS) is 10.2. The van der Waals surface area contributed by atoms with Crippen LogP contribution in [0, 0.1) is 0 Å². The zero-order chi connectivity index (χ0) is 15.2. The monoisotopic (exact) mass is 309 g/mol. The molecular weight excluding hydrogens is 298 g/mol. The topological polar surface area (TPSA) is 104 Å². The number of hydrogen-bond donors (Lipinski definition) is 0. The molecule has 0 saturated heterocycles. The molecule has 0 unspecified atom stereocenters. The highest BCUT2D eigenvalue weighted by atomic mass is 32.2. The molecule has 0 N–H and O–H groups in total. The number of carbonyl (C=O) groups excluding carboxylic acids is 2. The van der Waals surface area contributed by atoms with Crippen LogP contribution in [0.2, 0.25) is 0 Å². The Morgan fingerprint density at radius 2 is 2.14 bits per heavy atom. The first-order valence-electron chi connectivity index (χ1n) is 5.87. The Balaban J connectivity index is 2.12. The van der Waals surface area contributed by atoms with Crippen LogP contribution in [-0.2, 0) is 9.47 Å². The number of methoxy groups -OCH3 is 1. The van der Waals surface area contributed by atoms with E-state index >= 15 is 0 Å². The molecule has 0 aliphatic heterocycles. The van der Waals surface area contributed by atoms with E-state index in [0.717, 1.165) is 11.8 Å². The molecule has 0 aromatic carbocycles. The Bertz CT molecular complexity index is 658. The van der Waals surface area contributed by atoms with Crippen LogP contribution < -0.4 is 0 Å². The van der Waals surface area contributed by atoms with Crippen molar-refractivity contribution in [2.24, 2.45) is 0 Å². The molecule has 0 saturated carbocycles. The molecule has 2 heterocycles. The van der Waals surface area contributed by atoms with Crippen molar-refractivity contribution in [3.8, 4) is 0 Å². The van der Waals surface area contributed by atoms with Crippen LogP contribution in [0.1, 0.15) is 28.0 Å². The van der Waals surface area contributed by atoms with Crippen LogP contribution in [0.5, 0.6) is 0 Å². The first-order valence-corrected chi connectivity index (χ1v) is 6.68. The first-order chi connectivity index (χ1) is 10.1. The van der Waals surface area contributed by atoms with Gasteiger partial charge in [0.1, 0.15) is 5.03 Å². The Labute approximate surface area is 123 Å². The summed E-state index contributed by atoms with van der Waals surface area (Å²) >= 11 is 1.02. The van der Waals surface area contributed by atoms with Crippen molar-refractivity contribution in [2.45, 2.75) is 17.2 Å². The molecule has 0 spiro atoms. The predicted octanol–water partition coefficient (Wildman–Crippen LogP) is 1.58. The van der Waals surface area contributed by atoms with Gasteiger partial charge in [0.25, 0.3) is 5.22 Å². The van der Waals surface area contributed by atoms with Gasteiger partial charge in [-0.15, -0.1) is 5.10 Å². The summed E-state index contributed by atoms with van der Waals surface area (Å²) in [5, 5.41) is 7.85. The van der Waals surface area contributed by atoms with E-state index in [1.54, 1.807) is 6.92 Å². The van der Waals surface area contributed by atoms with Crippen LogP contribution in [-0.4, -0.2) is 40.8 Å². The molecule has 0 aliphatic rings. The lowest BCUT2D eigenvalue weighted by Gasteiger charge is -2.00. The molecule has 9 heteroatoms. The van der Waals surface area contributed by atoms with Gasteiger partial charge < -0.3 is 13.9 Å². The zero-order valence-electron chi connectivity index (χ0n) is 11.2. The van der Waals surface area contributed by atoms with E-state index in [-0.39, 0.29) is 17.7 Å². The molecule has 0 fully saturated rings. The average molecular weight is 309 g/mol. The Morgan fingerprint density at radius 1 is 1.33 bits per heavy atom. The second-order valence-corrected chi connectivity index (χ2v) is 4.54. The van der Waals surface area contributed by atoms with Gasteiger partial charge in [-0.1, -0.05) is 5.10 Å². The van der Waals surface area contributed by atoms with Crippen LogP contribution in [0.15, 0.2) is 33.0 Å². The molecule has 8 nitrogen and oxygen atoms in total. The first kappa shape index (κ1) is 15.0. The molecule has 0 aliphatic carbocycles. The number of rotatable bonds is 5. The fourth-order valence-electron chi connectivity index (χ4n) is 1.33. The van der Waals surface area contributed by atoms with Gasteiger partial charge in [0.15, 0.2) is 0 Å². The van der Waals surface area contributed by atoms with Gasteiger partial charge in [-0.2, -0.15) is 0 Å². The largest absolute Gasteiger partial charge is 0.465 e. The molecule has 2 aromatic rings. The lowest BCUT2D eigenvalue weighted by Crippen LogP contribution is -2.04. The van der Waals surface area contributed by atoms with E-state index in [1.165, 1.54) is 25.4 Å². The quantitative estimate of drug-likeness (QED) is 0.761. The van der Waals surface area contributed by atoms with Gasteiger partial charge in [-0.3, -0.25) is 0 Å². The van der Waals surface area contributed by atoms with Crippen LogP contribution in [0.25, 0.3) is 0 Å². The molecule has 21 heavy (non-hydrogen) atoms. The summed E-state index contributed by atoms with van der Waals surface area (Å²) in [7, 11) is 1.29. The molecule has 0 amide bonds. The fraction of sp³-hybridized carbons (Fsp3) is 0.250. The SMILES string of the molecule is CCOC(=O)c1nnc(Sc2cc(C(=O)OC)ccn2)o1. The summed E-state index contributed by atoms with van der Waals surface area (Å²) in [5.74, 6) is -1.39. The molecule has 110 valence electrons. The van der Waals surface area contributed by atoms with Gasteiger partial charge in [-0.05, 0) is 30.8 Å². The van der Waals surface area contributed by atoms with Gasteiger partial charge in [-0.25, -0.2) is 14.6 Å². The van der Waals surface area contributed by atoms with Crippen LogP contribution >= 0.6 is 11.8 Å². The average Bonchev–Trinajstić information content (AvgIpc) is 2.95. The second kappa shape index (κ2) is 6.84. The van der Waals surface area contributed by atoms with Crippen molar-refractivity contribution < 1.29 is 23.5 Å². The number of nitrogens with zero attached hydrogens (tertiary/aromatic N) is 3. The number of aromatic nitrogens is 3. The number of carbonyl (C=O) groups is 2. The van der Waals surface area contributed by atoms with Crippen molar-refractivity contribution in [1.82, 2.24) is 15.2 Å². The Hall–Kier alpha value is -2.42. The predicted molar refractivity (Wildman–Crippen MR) is 70.0 cm³/mol. The van der Waals surface area contributed by atoms with Crippen molar-refractivity contribution >= 4 is 23.7 Å². The maximum Gasteiger partial charge on any atom is 0.396 e. The standard InChI is InChI=1S/C12H11N3O5S/c1-3-19-11(17)9-14-15-12(20-9)21-8-6-7(4-5-13-8)10(16)18-2/h4-6H,3H2,1-2H3. The minimum atomic E-state index is -0.687. The number of ether oxygens (including phenoxy) is 2. The van der Waals surface area contributed by atoms with E-state index in [0.29, 0.717) is 10.6 Å².